The summed E-state index contributed by atoms with van der Waals surface area (Å²) in [5.74, 6) is -0.119. The number of aromatic nitrogens is 1. The van der Waals surface area contributed by atoms with Gasteiger partial charge in [0.1, 0.15) is 9.88 Å². The number of thiazole rings is 1. The van der Waals surface area contributed by atoms with Crippen molar-refractivity contribution in [1.29, 1.82) is 0 Å². The number of carbonyl (C=O) groups is 1. The minimum absolute atomic E-state index is 0.119. The van der Waals surface area contributed by atoms with Crippen LogP contribution in [-0.2, 0) is 4.74 Å². The molecule has 4 rings (SSSR count). The highest BCUT2D eigenvalue weighted by atomic mass is 32.1. The molecule has 0 saturated carbocycles. The summed E-state index contributed by atoms with van der Waals surface area (Å²) >= 11 is 1.42. The van der Waals surface area contributed by atoms with Crippen molar-refractivity contribution < 1.29 is 9.53 Å². The largest absolute Gasteiger partial charge is 0.378 e. The van der Waals surface area contributed by atoms with Crippen LogP contribution in [0.2, 0.25) is 0 Å². The predicted molar refractivity (Wildman–Crippen MR) is 110 cm³/mol. The molecule has 0 spiro atoms. The Kier molecular flexibility index (Phi) is 5.18. The van der Waals surface area contributed by atoms with Crippen molar-refractivity contribution in [2.45, 2.75) is 6.92 Å². The second-order valence-corrected chi connectivity index (χ2v) is 7.40. The normalized spacial score (nSPS) is 14.2. The van der Waals surface area contributed by atoms with Gasteiger partial charge in [0.25, 0.3) is 5.91 Å². The molecule has 0 aliphatic carbocycles. The van der Waals surface area contributed by atoms with Gasteiger partial charge in [0.05, 0.1) is 18.9 Å². The summed E-state index contributed by atoms with van der Waals surface area (Å²) in [5.41, 5.74) is 3.71. The number of amides is 1. The lowest BCUT2D eigenvalue weighted by atomic mass is 10.2. The Morgan fingerprint density at radius 3 is 2.48 bits per heavy atom. The highest BCUT2D eigenvalue weighted by Gasteiger charge is 2.17. The third kappa shape index (κ3) is 4.02. The van der Waals surface area contributed by atoms with Crippen LogP contribution in [0.3, 0.4) is 0 Å². The van der Waals surface area contributed by atoms with Crippen LogP contribution >= 0.6 is 11.3 Å². The molecule has 1 aromatic heterocycles. The van der Waals surface area contributed by atoms with E-state index in [1.165, 1.54) is 11.3 Å². The maximum Gasteiger partial charge on any atom is 0.267 e. The van der Waals surface area contributed by atoms with Crippen LogP contribution in [0.5, 0.6) is 0 Å². The maximum absolute atomic E-state index is 12.7. The molecule has 2 aromatic carbocycles. The first-order valence-corrected chi connectivity index (χ1v) is 9.79. The van der Waals surface area contributed by atoms with Gasteiger partial charge in [0.15, 0.2) is 0 Å². The summed E-state index contributed by atoms with van der Waals surface area (Å²) in [5, 5.41) is 3.84. The van der Waals surface area contributed by atoms with Gasteiger partial charge in [-0.15, -0.1) is 11.3 Å². The summed E-state index contributed by atoms with van der Waals surface area (Å²) in [6.07, 6.45) is 0. The number of rotatable bonds is 4. The van der Waals surface area contributed by atoms with E-state index in [9.17, 15) is 4.79 Å². The van der Waals surface area contributed by atoms with Crippen LogP contribution in [0.25, 0.3) is 10.6 Å². The lowest BCUT2D eigenvalue weighted by Crippen LogP contribution is -2.36. The van der Waals surface area contributed by atoms with E-state index in [1.807, 2.05) is 61.5 Å². The number of carbonyl (C=O) groups excluding carboxylic acids is 1. The maximum atomic E-state index is 12.7. The van der Waals surface area contributed by atoms with Crippen LogP contribution in [-0.4, -0.2) is 37.2 Å². The number of nitrogens with zero attached hydrogens (tertiary/aromatic N) is 2. The van der Waals surface area contributed by atoms with E-state index in [0.717, 1.165) is 53.9 Å². The van der Waals surface area contributed by atoms with Crippen molar-refractivity contribution >= 4 is 28.6 Å². The Balaban J connectivity index is 1.47. The summed E-state index contributed by atoms with van der Waals surface area (Å²) in [6.45, 7) is 5.18. The van der Waals surface area contributed by atoms with E-state index < -0.39 is 0 Å². The Morgan fingerprint density at radius 2 is 1.78 bits per heavy atom. The van der Waals surface area contributed by atoms with Gasteiger partial charge in [-0.1, -0.05) is 30.3 Å². The molecule has 0 radical (unpaired) electrons. The molecule has 1 amide bonds. The number of nitrogens with one attached hydrogen (secondary N) is 1. The fourth-order valence-corrected chi connectivity index (χ4v) is 4.04. The Morgan fingerprint density at radius 1 is 1.07 bits per heavy atom. The van der Waals surface area contributed by atoms with Crippen LogP contribution in [0.15, 0.2) is 54.6 Å². The average molecular weight is 379 g/mol. The number of ether oxygens (including phenoxy) is 1. The fourth-order valence-electron chi connectivity index (χ4n) is 3.08. The molecule has 1 fully saturated rings. The molecule has 1 aliphatic heterocycles. The second-order valence-electron chi connectivity index (χ2n) is 6.40. The zero-order valence-corrected chi connectivity index (χ0v) is 16.0. The summed E-state index contributed by atoms with van der Waals surface area (Å²) in [4.78, 5) is 20.2. The van der Waals surface area contributed by atoms with Crippen LogP contribution < -0.4 is 10.2 Å². The molecule has 0 atom stereocenters. The van der Waals surface area contributed by atoms with Crippen LogP contribution in [0, 0.1) is 6.92 Å². The highest BCUT2D eigenvalue weighted by molar-refractivity contribution is 7.17. The molecule has 1 N–H and O–H groups in total. The number of morpholine rings is 1. The van der Waals surface area contributed by atoms with Gasteiger partial charge in [-0.3, -0.25) is 4.79 Å². The van der Waals surface area contributed by atoms with Gasteiger partial charge in [-0.2, -0.15) is 0 Å². The predicted octanol–water partition coefficient (Wildman–Crippen LogP) is 4.21. The first kappa shape index (κ1) is 17.7. The van der Waals surface area contributed by atoms with Crippen molar-refractivity contribution in [1.82, 2.24) is 4.98 Å². The fraction of sp³-hybridized carbons (Fsp3) is 0.238. The number of hydrogen-bond donors (Lipinski definition) is 1. The standard InChI is InChI=1S/C21H21N3O2S/c1-15-19(27-21(22-15)16-5-3-2-4-6-16)20(25)23-17-7-9-18(10-8-17)24-11-13-26-14-12-24/h2-10H,11-14H2,1H3,(H,23,25). The zero-order valence-electron chi connectivity index (χ0n) is 15.1. The van der Waals surface area contributed by atoms with E-state index in [2.05, 4.69) is 15.2 Å². The quantitative estimate of drug-likeness (QED) is 0.738. The van der Waals surface area contributed by atoms with Gasteiger partial charge in [-0.25, -0.2) is 4.98 Å². The molecular weight excluding hydrogens is 358 g/mol. The van der Waals surface area contributed by atoms with Gasteiger partial charge < -0.3 is 15.0 Å². The SMILES string of the molecule is Cc1nc(-c2ccccc2)sc1C(=O)Nc1ccc(N2CCOCC2)cc1. The lowest BCUT2D eigenvalue weighted by molar-refractivity contribution is 0.103. The Hall–Kier alpha value is -2.70. The summed E-state index contributed by atoms with van der Waals surface area (Å²) < 4.78 is 5.39. The van der Waals surface area contributed by atoms with Gasteiger partial charge in [0.2, 0.25) is 0 Å². The molecule has 1 aliphatic rings. The molecule has 3 aromatic rings. The first-order valence-electron chi connectivity index (χ1n) is 8.98. The minimum atomic E-state index is -0.119. The van der Waals surface area contributed by atoms with Crippen molar-refractivity contribution in [2.75, 3.05) is 36.5 Å². The van der Waals surface area contributed by atoms with Crippen molar-refractivity contribution in [3.63, 3.8) is 0 Å². The van der Waals surface area contributed by atoms with E-state index >= 15 is 0 Å². The first-order chi connectivity index (χ1) is 13.2. The molecule has 6 heteroatoms. The van der Waals surface area contributed by atoms with Crippen molar-refractivity contribution in [3.8, 4) is 10.6 Å². The third-order valence-corrected chi connectivity index (χ3v) is 5.73. The smallest absolute Gasteiger partial charge is 0.267 e. The van der Waals surface area contributed by atoms with Gasteiger partial charge in [-0.05, 0) is 31.2 Å². The third-order valence-electron chi connectivity index (χ3n) is 4.52. The van der Waals surface area contributed by atoms with E-state index in [4.69, 9.17) is 4.74 Å². The molecule has 138 valence electrons. The highest BCUT2D eigenvalue weighted by Crippen LogP contribution is 2.28. The van der Waals surface area contributed by atoms with E-state index in [1.54, 1.807) is 0 Å². The number of hydrogen-bond acceptors (Lipinski definition) is 5. The molecule has 0 bridgehead atoms. The van der Waals surface area contributed by atoms with Crippen LogP contribution in [0.4, 0.5) is 11.4 Å². The Labute approximate surface area is 162 Å². The van der Waals surface area contributed by atoms with Crippen molar-refractivity contribution in [2.24, 2.45) is 0 Å². The average Bonchev–Trinajstić information content (AvgIpc) is 3.12. The monoisotopic (exact) mass is 379 g/mol. The van der Waals surface area contributed by atoms with Crippen molar-refractivity contribution in [3.05, 3.63) is 65.2 Å². The number of anilines is 2. The molecule has 2 heterocycles. The van der Waals surface area contributed by atoms with Crippen LogP contribution in [0.1, 0.15) is 15.4 Å². The molecule has 1 saturated heterocycles. The minimum Gasteiger partial charge on any atom is -0.378 e. The summed E-state index contributed by atoms with van der Waals surface area (Å²) in [6, 6.07) is 17.9. The topological polar surface area (TPSA) is 54.5 Å². The molecule has 27 heavy (non-hydrogen) atoms. The second kappa shape index (κ2) is 7.90. The van der Waals surface area contributed by atoms with E-state index in [0.29, 0.717) is 4.88 Å². The zero-order chi connectivity index (χ0) is 18.6. The molecular formula is C21H21N3O2S. The summed E-state index contributed by atoms with van der Waals surface area (Å²) in [7, 11) is 0. The molecule has 5 nitrogen and oxygen atoms in total. The van der Waals surface area contributed by atoms with Gasteiger partial charge >= 0.3 is 0 Å². The number of benzene rings is 2. The van der Waals surface area contributed by atoms with Gasteiger partial charge in [0, 0.05) is 30.0 Å². The lowest BCUT2D eigenvalue weighted by Gasteiger charge is -2.28. The Bertz CT molecular complexity index is 916. The number of aryl methyl sites for hydroxylation is 1. The van der Waals surface area contributed by atoms with E-state index in [-0.39, 0.29) is 5.91 Å². The molecule has 0 unspecified atom stereocenters.